The molecule has 0 bridgehead atoms. The average molecular weight is 187 g/mol. The fourth-order valence-corrected chi connectivity index (χ4v) is 1.58. The normalized spacial score (nSPS) is 21.6. The molecule has 1 aliphatic heterocycles. The molecule has 1 N–H and O–H groups in total. The van der Waals surface area contributed by atoms with Crippen LogP contribution in [-0.4, -0.2) is 41.8 Å². The van der Waals surface area contributed by atoms with E-state index in [2.05, 4.69) is 4.74 Å². The predicted octanol–water partition coefficient (Wildman–Crippen LogP) is 0.692. The molecule has 13 heavy (non-hydrogen) atoms. The predicted molar refractivity (Wildman–Crippen MR) is 44.4 cm³/mol. The van der Waals surface area contributed by atoms with Gasteiger partial charge in [-0.2, -0.15) is 0 Å². The molecule has 1 aliphatic rings. The molecule has 1 fully saturated rings. The molecule has 0 aromatic heterocycles. The Morgan fingerprint density at radius 3 is 2.85 bits per heavy atom. The highest BCUT2D eigenvalue weighted by atomic mass is 16.5. The summed E-state index contributed by atoms with van der Waals surface area (Å²) in [5.41, 5.74) is 0. The summed E-state index contributed by atoms with van der Waals surface area (Å²) in [4.78, 5) is 22.9. The van der Waals surface area contributed by atoms with Gasteiger partial charge in [0.1, 0.15) is 0 Å². The zero-order valence-electron chi connectivity index (χ0n) is 7.52. The van der Waals surface area contributed by atoms with Crippen molar-refractivity contribution in [1.82, 2.24) is 4.90 Å². The zero-order valence-corrected chi connectivity index (χ0v) is 7.52. The van der Waals surface area contributed by atoms with Gasteiger partial charge < -0.3 is 14.7 Å². The quantitative estimate of drug-likeness (QED) is 0.646. The number of nitrogens with zero attached hydrogens (tertiary/aromatic N) is 1. The van der Waals surface area contributed by atoms with Crippen LogP contribution in [0.2, 0.25) is 0 Å². The second-order valence-electron chi connectivity index (χ2n) is 3.05. The Morgan fingerprint density at radius 2 is 2.31 bits per heavy atom. The first-order valence-corrected chi connectivity index (χ1v) is 4.21. The van der Waals surface area contributed by atoms with E-state index >= 15 is 0 Å². The minimum Gasteiger partial charge on any atom is -0.469 e. The lowest BCUT2D eigenvalue weighted by molar-refractivity contribution is -0.141. The number of hydrogen-bond donors (Lipinski definition) is 1. The van der Waals surface area contributed by atoms with E-state index in [1.54, 1.807) is 0 Å². The highest BCUT2D eigenvalue weighted by molar-refractivity contribution is 5.72. The van der Waals surface area contributed by atoms with Gasteiger partial charge in [-0.3, -0.25) is 4.79 Å². The average Bonchev–Trinajstić information content (AvgIpc) is 2.52. The van der Waals surface area contributed by atoms with E-state index in [4.69, 9.17) is 5.11 Å². The highest BCUT2D eigenvalue weighted by Gasteiger charge is 2.30. The topological polar surface area (TPSA) is 66.8 Å². The molecule has 74 valence electrons. The van der Waals surface area contributed by atoms with Crippen molar-refractivity contribution in [1.29, 1.82) is 0 Å². The molecular formula is C8H13NO4. The number of esters is 1. The Hall–Kier alpha value is -1.26. The number of rotatable bonds is 2. The van der Waals surface area contributed by atoms with E-state index in [1.807, 2.05) is 0 Å². The lowest BCUT2D eigenvalue weighted by atomic mass is 10.1. The molecule has 0 aliphatic carbocycles. The van der Waals surface area contributed by atoms with Crippen LogP contribution in [0.4, 0.5) is 4.79 Å². The fraction of sp³-hybridized carbons (Fsp3) is 0.750. The molecule has 5 heteroatoms. The van der Waals surface area contributed by atoms with Crippen LogP contribution in [0.3, 0.4) is 0 Å². The zero-order chi connectivity index (χ0) is 9.84. The smallest absolute Gasteiger partial charge is 0.407 e. The number of carbonyl (C=O) groups excluding carboxylic acids is 1. The van der Waals surface area contributed by atoms with Gasteiger partial charge in [0.05, 0.1) is 13.5 Å². The minimum atomic E-state index is -0.952. The van der Waals surface area contributed by atoms with Crippen LogP contribution in [0, 0.1) is 0 Å². The van der Waals surface area contributed by atoms with Gasteiger partial charge in [-0.05, 0) is 12.8 Å². The summed E-state index contributed by atoms with van der Waals surface area (Å²) >= 11 is 0. The first-order valence-electron chi connectivity index (χ1n) is 4.21. The Bertz CT molecular complexity index is 216. The molecule has 0 aromatic carbocycles. The third-order valence-electron chi connectivity index (χ3n) is 2.25. The lowest BCUT2D eigenvalue weighted by Gasteiger charge is -2.19. The van der Waals surface area contributed by atoms with Crippen molar-refractivity contribution < 1.29 is 19.4 Å². The van der Waals surface area contributed by atoms with Crippen molar-refractivity contribution in [3.63, 3.8) is 0 Å². The fourth-order valence-electron chi connectivity index (χ4n) is 1.58. The van der Waals surface area contributed by atoms with E-state index in [9.17, 15) is 9.59 Å². The SMILES string of the molecule is COC(=O)CC1CCCN1C(=O)O. The highest BCUT2D eigenvalue weighted by Crippen LogP contribution is 2.20. The van der Waals surface area contributed by atoms with Crippen LogP contribution in [0.15, 0.2) is 0 Å². The number of amides is 1. The summed E-state index contributed by atoms with van der Waals surface area (Å²) in [6, 6.07) is -0.190. The van der Waals surface area contributed by atoms with Gasteiger partial charge in [0.25, 0.3) is 0 Å². The van der Waals surface area contributed by atoms with Gasteiger partial charge in [-0.15, -0.1) is 0 Å². The number of ether oxygens (including phenoxy) is 1. The third kappa shape index (κ3) is 2.34. The molecule has 1 heterocycles. The van der Waals surface area contributed by atoms with Crippen LogP contribution in [0.25, 0.3) is 0 Å². The standard InChI is InChI=1S/C8H13NO4/c1-13-7(10)5-6-3-2-4-9(6)8(11)12/h6H,2-5H2,1H3,(H,11,12). The number of carbonyl (C=O) groups is 2. The lowest BCUT2D eigenvalue weighted by Crippen LogP contribution is -2.35. The number of hydrogen-bond acceptors (Lipinski definition) is 3. The van der Waals surface area contributed by atoms with Crippen molar-refractivity contribution in [2.75, 3.05) is 13.7 Å². The first kappa shape index (κ1) is 9.83. The van der Waals surface area contributed by atoms with E-state index in [-0.39, 0.29) is 18.4 Å². The summed E-state index contributed by atoms with van der Waals surface area (Å²) in [6.45, 7) is 0.525. The molecule has 1 atom stereocenters. The van der Waals surface area contributed by atoms with Gasteiger partial charge in [0.15, 0.2) is 0 Å². The van der Waals surface area contributed by atoms with E-state index in [0.717, 1.165) is 12.8 Å². The van der Waals surface area contributed by atoms with Crippen molar-refractivity contribution >= 4 is 12.1 Å². The molecule has 0 aromatic rings. The Kier molecular flexibility index (Phi) is 3.11. The number of carboxylic acid groups (broad SMARTS) is 1. The first-order chi connectivity index (χ1) is 6.15. The number of likely N-dealkylation sites (tertiary alicyclic amines) is 1. The van der Waals surface area contributed by atoms with E-state index in [0.29, 0.717) is 6.54 Å². The summed E-state index contributed by atoms with van der Waals surface area (Å²) in [5.74, 6) is -0.349. The van der Waals surface area contributed by atoms with Crippen molar-refractivity contribution in [2.45, 2.75) is 25.3 Å². The molecule has 1 amide bonds. The van der Waals surface area contributed by atoms with Gasteiger partial charge in [0, 0.05) is 12.6 Å². The minimum absolute atomic E-state index is 0.169. The Morgan fingerprint density at radius 1 is 1.62 bits per heavy atom. The van der Waals surface area contributed by atoms with Gasteiger partial charge >= 0.3 is 12.1 Å². The maximum atomic E-state index is 10.9. The van der Waals surface area contributed by atoms with Gasteiger partial charge in [-0.25, -0.2) is 4.79 Å². The summed E-state index contributed by atoms with van der Waals surface area (Å²) < 4.78 is 4.48. The van der Waals surface area contributed by atoms with Crippen LogP contribution in [0.1, 0.15) is 19.3 Å². The summed E-state index contributed by atoms with van der Waals surface area (Å²) in [7, 11) is 1.31. The largest absolute Gasteiger partial charge is 0.469 e. The van der Waals surface area contributed by atoms with E-state index < -0.39 is 6.09 Å². The Labute approximate surface area is 76.3 Å². The molecule has 0 spiro atoms. The summed E-state index contributed by atoms with van der Waals surface area (Å²) in [5, 5.41) is 8.74. The maximum absolute atomic E-state index is 10.9. The monoisotopic (exact) mass is 187 g/mol. The van der Waals surface area contributed by atoms with Gasteiger partial charge in [-0.1, -0.05) is 0 Å². The molecule has 1 unspecified atom stereocenters. The van der Waals surface area contributed by atoms with Crippen LogP contribution < -0.4 is 0 Å². The molecule has 0 radical (unpaired) electrons. The van der Waals surface area contributed by atoms with Crippen molar-refractivity contribution in [3.8, 4) is 0 Å². The van der Waals surface area contributed by atoms with Crippen LogP contribution in [-0.2, 0) is 9.53 Å². The number of methoxy groups -OCH3 is 1. The van der Waals surface area contributed by atoms with Crippen LogP contribution >= 0.6 is 0 Å². The third-order valence-corrected chi connectivity index (χ3v) is 2.25. The van der Waals surface area contributed by atoms with Crippen molar-refractivity contribution in [3.05, 3.63) is 0 Å². The van der Waals surface area contributed by atoms with Crippen molar-refractivity contribution in [2.24, 2.45) is 0 Å². The Balaban J connectivity index is 2.48. The summed E-state index contributed by atoms with van der Waals surface area (Å²) in [6.07, 6.45) is 0.796. The second kappa shape index (κ2) is 4.11. The molecule has 5 nitrogen and oxygen atoms in total. The second-order valence-corrected chi connectivity index (χ2v) is 3.05. The molecule has 1 saturated heterocycles. The molecular weight excluding hydrogens is 174 g/mol. The van der Waals surface area contributed by atoms with E-state index in [1.165, 1.54) is 12.0 Å². The molecule has 0 saturated carbocycles. The van der Waals surface area contributed by atoms with Crippen LogP contribution in [0.5, 0.6) is 0 Å². The van der Waals surface area contributed by atoms with Gasteiger partial charge in [0.2, 0.25) is 0 Å². The molecule has 1 rings (SSSR count). The maximum Gasteiger partial charge on any atom is 0.407 e.